The average molecular weight is 414 g/mol. The van der Waals surface area contributed by atoms with Crippen molar-refractivity contribution < 1.29 is 4.74 Å². The molecule has 2 aromatic carbocycles. The van der Waals surface area contributed by atoms with Crippen LogP contribution in [0, 0.1) is 0 Å². The first-order chi connectivity index (χ1) is 11.2. The van der Waals surface area contributed by atoms with Crippen molar-refractivity contribution >= 4 is 50.2 Å². The number of nitrogens with one attached hydrogen (secondary N) is 1. The molecule has 0 saturated heterocycles. The molecule has 1 heterocycles. The Bertz CT molecular complexity index is 802. The van der Waals surface area contributed by atoms with Gasteiger partial charge >= 0.3 is 0 Å². The Balaban J connectivity index is 1.80. The highest BCUT2D eigenvalue weighted by Crippen LogP contribution is 2.26. The summed E-state index contributed by atoms with van der Waals surface area (Å²) in [5, 5.41) is 2.39. The molecule has 120 valence electrons. The van der Waals surface area contributed by atoms with Crippen molar-refractivity contribution in [2.75, 3.05) is 5.33 Å². The van der Waals surface area contributed by atoms with Crippen LogP contribution in [0.4, 0.5) is 0 Å². The van der Waals surface area contributed by atoms with Gasteiger partial charge in [-0.15, -0.1) is 0 Å². The summed E-state index contributed by atoms with van der Waals surface area (Å²) in [4.78, 5) is 7.94. The zero-order valence-electron chi connectivity index (χ0n) is 12.3. The van der Waals surface area contributed by atoms with Crippen LogP contribution in [0.5, 0.6) is 5.75 Å². The van der Waals surface area contributed by atoms with Crippen LogP contribution in [0.2, 0.25) is 10.0 Å². The number of alkyl halides is 1. The van der Waals surface area contributed by atoms with Gasteiger partial charge in [-0.1, -0.05) is 39.1 Å². The molecule has 0 spiro atoms. The molecule has 1 aromatic heterocycles. The maximum atomic E-state index is 6.32. The first-order valence-corrected chi connectivity index (χ1v) is 9.15. The molecule has 3 aromatic rings. The highest BCUT2D eigenvalue weighted by Gasteiger charge is 2.11. The number of halogens is 3. The highest BCUT2D eigenvalue weighted by atomic mass is 79.9. The van der Waals surface area contributed by atoms with Gasteiger partial charge in [-0.3, -0.25) is 0 Å². The minimum atomic E-state index is 0.367. The predicted molar refractivity (Wildman–Crippen MR) is 99.0 cm³/mol. The van der Waals surface area contributed by atoms with E-state index in [9.17, 15) is 0 Å². The third-order valence-corrected chi connectivity index (χ3v) is 4.67. The average Bonchev–Trinajstić information content (AvgIpc) is 2.97. The highest BCUT2D eigenvalue weighted by molar-refractivity contribution is 9.09. The van der Waals surface area contributed by atoms with Crippen molar-refractivity contribution in [1.29, 1.82) is 0 Å². The SMILES string of the molecule is Clc1ccc(OCc2nc3c(CCCBr)c(Cl)ccc3[nH]2)cc1. The Morgan fingerprint density at radius 3 is 2.61 bits per heavy atom. The molecule has 0 saturated carbocycles. The quantitative estimate of drug-likeness (QED) is 0.520. The summed E-state index contributed by atoms with van der Waals surface area (Å²) in [6.07, 6.45) is 1.91. The molecule has 23 heavy (non-hydrogen) atoms. The zero-order chi connectivity index (χ0) is 16.2. The maximum Gasteiger partial charge on any atom is 0.146 e. The fourth-order valence-corrected chi connectivity index (χ4v) is 3.04. The van der Waals surface area contributed by atoms with Crippen LogP contribution in [-0.2, 0) is 13.0 Å². The largest absolute Gasteiger partial charge is 0.486 e. The molecule has 0 aliphatic carbocycles. The topological polar surface area (TPSA) is 37.9 Å². The summed E-state index contributed by atoms with van der Waals surface area (Å²) >= 11 is 15.6. The molecule has 0 aliphatic heterocycles. The molecule has 0 unspecified atom stereocenters. The molecule has 3 nitrogen and oxygen atoms in total. The third-order valence-electron chi connectivity index (χ3n) is 3.50. The second-order valence-corrected chi connectivity index (χ2v) is 6.78. The molecular weight excluding hydrogens is 399 g/mol. The van der Waals surface area contributed by atoms with Crippen LogP contribution in [0.3, 0.4) is 0 Å². The molecule has 3 rings (SSSR count). The molecule has 0 bridgehead atoms. The number of imidazole rings is 1. The minimum Gasteiger partial charge on any atom is -0.486 e. The van der Waals surface area contributed by atoms with Gasteiger partial charge in [0.2, 0.25) is 0 Å². The Morgan fingerprint density at radius 1 is 1.09 bits per heavy atom. The first kappa shape index (κ1) is 16.6. The number of ether oxygens (including phenoxy) is 1. The van der Waals surface area contributed by atoms with Crippen LogP contribution in [-0.4, -0.2) is 15.3 Å². The number of aryl methyl sites for hydroxylation is 1. The van der Waals surface area contributed by atoms with Crippen LogP contribution in [0.1, 0.15) is 17.8 Å². The molecule has 0 aliphatic rings. The molecule has 0 radical (unpaired) electrons. The van der Waals surface area contributed by atoms with Gasteiger partial charge in [0.25, 0.3) is 0 Å². The van der Waals surface area contributed by atoms with Crippen LogP contribution in [0.25, 0.3) is 11.0 Å². The number of rotatable bonds is 6. The lowest BCUT2D eigenvalue weighted by atomic mass is 10.1. The van der Waals surface area contributed by atoms with E-state index in [1.165, 1.54) is 0 Å². The van der Waals surface area contributed by atoms with E-state index >= 15 is 0 Å². The molecular formula is C17H15BrCl2N2O. The van der Waals surface area contributed by atoms with Crippen LogP contribution < -0.4 is 4.74 Å². The lowest BCUT2D eigenvalue weighted by Gasteiger charge is -2.04. The lowest BCUT2D eigenvalue weighted by Crippen LogP contribution is -1.97. The fraction of sp³-hybridized carbons (Fsp3) is 0.235. The third kappa shape index (κ3) is 4.00. The fourth-order valence-electron chi connectivity index (χ4n) is 2.39. The number of nitrogens with zero attached hydrogens (tertiary/aromatic N) is 1. The van der Waals surface area contributed by atoms with Gasteiger partial charge in [-0.2, -0.15) is 0 Å². The van der Waals surface area contributed by atoms with E-state index in [0.717, 1.165) is 51.4 Å². The molecule has 6 heteroatoms. The number of aromatic amines is 1. The number of hydrogen-bond acceptors (Lipinski definition) is 2. The van der Waals surface area contributed by atoms with Crippen molar-refractivity contribution in [3.05, 3.63) is 57.8 Å². The summed E-state index contributed by atoms with van der Waals surface area (Å²) in [6, 6.07) is 11.1. The van der Waals surface area contributed by atoms with Gasteiger partial charge in [0.1, 0.15) is 18.2 Å². The number of aromatic nitrogens is 2. The van der Waals surface area contributed by atoms with Crippen molar-refractivity contribution in [2.24, 2.45) is 0 Å². The van der Waals surface area contributed by atoms with Crippen LogP contribution >= 0.6 is 39.1 Å². The van der Waals surface area contributed by atoms with Gasteiger partial charge < -0.3 is 9.72 Å². The monoisotopic (exact) mass is 412 g/mol. The number of benzene rings is 2. The lowest BCUT2D eigenvalue weighted by molar-refractivity contribution is 0.297. The van der Waals surface area contributed by atoms with Crippen LogP contribution in [0.15, 0.2) is 36.4 Å². The van der Waals surface area contributed by atoms with Crippen molar-refractivity contribution in [1.82, 2.24) is 9.97 Å². The molecule has 0 fully saturated rings. The normalized spacial score (nSPS) is 11.1. The number of H-pyrrole nitrogens is 1. The predicted octanol–water partition coefficient (Wildman–Crippen LogP) is 5.78. The van der Waals surface area contributed by atoms with Gasteiger partial charge in [0.05, 0.1) is 11.0 Å². The summed E-state index contributed by atoms with van der Waals surface area (Å²) in [6.45, 7) is 0.367. The Hall–Kier alpha value is -1.23. The Labute approximate surface area is 153 Å². The second kappa shape index (κ2) is 7.56. The Morgan fingerprint density at radius 2 is 1.87 bits per heavy atom. The van der Waals surface area contributed by atoms with E-state index in [-0.39, 0.29) is 0 Å². The summed E-state index contributed by atoms with van der Waals surface area (Å²) in [7, 11) is 0. The van der Waals surface area contributed by atoms with E-state index in [4.69, 9.17) is 27.9 Å². The molecule has 1 N–H and O–H groups in total. The minimum absolute atomic E-state index is 0.367. The number of hydrogen-bond donors (Lipinski definition) is 1. The maximum absolute atomic E-state index is 6.32. The zero-order valence-corrected chi connectivity index (χ0v) is 15.4. The van der Waals surface area contributed by atoms with Gasteiger partial charge in [-0.05, 0) is 54.8 Å². The summed E-state index contributed by atoms with van der Waals surface area (Å²) in [5.74, 6) is 1.53. The standard InChI is InChI=1S/C17H15BrCl2N2O/c18-9-1-2-13-14(20)7-8-15-17(13)22-16(21-15)10-23-12-5-3-11(19)4-6-12/h3-8H,1-2,9-10H2,(H,21,22). The molecule has 0 atom stereocenters. The second-order valence-electron chi connectivity index (χ2n) is 5.14. The van der Waals surface area contributed by atoms with E-state index in [2.05, 4.69) is 25.9 Å². The van der Waals surface area contributed by atoms with Gasteiger partial charge in [0.15, 0.2) is 0 Å². The van der Waals surface area contributed by atoms with Gasteiger partial charge in [0, 0.05) is 15.4 Å². The van der Waals surface area contributed by atoms with E-state index in [1.807, 2.05) is 24.3 Å². The summed E-state index contributed by atoms with van der Waals surface area (Å²) in [5.41, 5.74) is 2.99. The van der Waals surface area contributed by atoms with Gasteiger partial charge in [-0.25, -0.2) is 4.98 Å². The van der Waals surface area contributed by atoms with Crippen molar-refractivity contribution in [3.8, 4) is 5.75 Å². The van der Waals surface area contributed by atoms with E-state index in [1.54, 1.807) is 12.1 Å². The number of fused-ring (bicyclic) bond motifs is 1. The summed E-state index contributed by atoms with van der Waals surface area (Å²) < 4.78 is 5.73. The van der Waals surface area contributed by atoms with Crippen molar-refractivity contribution in [3.63, 3.8) is 0 Å². The first-order valence-electron chi connectivity index (χ1n) is 7.27. The molecule has 0 amide bonds. The van der Waals surface area contributed by atoms with E-state index < -0.39 is 0 Å². The van der Waals surface area contributed by atoms with Crippen molar-refractivity contribution in [2.45, 2.75) is 19.4 Å². The van der Waals surface area contributed by atoms with E-state index in [0.29, 0.717) is 11.6 Å². The smallest absolute Gasteiger partial charge is 0.146 e. The Kier molecular flexibility index (Phi) is 5.46.